The van der Waals surface area contributed by atoms with Crippen LogP contribution >= 0.6 is 11.6 Å². The zero-order chi connectivity index (χ0) is 14.8. The summed E-state index contributed by atoms with van der Waals surface area (Å²) in [6, 6.07) is 6.59. The first-order valence-corrected chi connectivity index (χ1v) is 7.05. The fourth-order valence-corrected chi connectivity index (χ4v) is 2.71. The smallest absolute Gasteiger partial charge is 0.328 e. The summed E-state index contributed by atoms with van der Waals surface area (Å²) in [5.74, 6) is -1.68. The van der Waals surface area contributed by atoms with Crippen LogP contribution in [0.15, 0.2) is 24.3 Å². The minimum Gasteiger partial charge on any atom is -0.480 e. The maximum atomic E-state index is 12.4. The fourth-order valence-electron chi connectivity index (χ4n) is 2.41. The monoisotopic (exact) mass is 296 g/mol. The molecule has 0 saturated heterocycles. The Morgan fingerprint density at radius 3 is 2.55 bits per heavy atom. The van der Waals surface area contributed by atoms with Gasteiger partial charge in [-0.2, -0.15) is 0 Å². The molecule has 1 unspecified atom stereocenters. The minimum atomic E-state index is -1.70. The average Bonchev–Trinajstić information content (AvgIpc) is 3.20. The van der Waals surface area contributed by atoms with Crippen molar-refractivity contribution in [3.63, 3.8) is 0 Å². The van der Waals surface area contributed by atoms with E-state index >= 15 is 0 Å². The molecule has 0 aromatic heterocycles. The summed E-state index contributed by atoms with van der Waals surface area (Å²) in [4.78, 5) is 24.3. The minimum absolute atomic E-state index is 0.142. The first-order valence-electron chi connectivity index (χ1n) is 6.68. The van der Waals surface area contributed by atoms with Crippen LogP contribution in [0.2, 0.25) is 5.02 Å². The Balaban J connectivity index is 2.53. The standard InChI is InChI=1S/C15H17ClO4/c1-2-20-14(19)15(13(17)18,9-10-7-8-10)11-5-3-4-6-12(11)16/h3-6,10H,2,7-9H2,1H3,(H,17,18). The Bertz CT molecular complexity index is 524. The Labute approximate surface area is 122 Å². The summed E-state index contributed by atoms with van der Waals surface area (Å²) in [5, 5.41) is 10.00. The van der Waals surface area contributed by atoms with Crippen LogP contribution in [0.3, 0.4) is 0 Å². The van der Waals surface area contributed by atoms with E-state index in [1.807, 2.05) is 0 Å². The van der Waals surface area contributed by atoms with Crippen molar-refractivity contribution in [2.75, 3.05) is 6.61 Å². The molecule has 20 heavy (non-hydrogen) atoms. The van der Waals surface area contributed by atoms with Gasteiger partial charge in [0.25, 0.3) is 0 Å². The lowest BCUT2D eigenvalue weighted by atomic mass is 9.76. The van der Waals surface area contributed by atoms with Crippen molar-refractivity contribution in [3.8, 4) is 0 Å². The number of rotatable bonds is 6. The Kier molecular flexibility index (Phi) is 4.33. The van der Waals surface area contributed by atoms with Gasteiger partial charge in [-0.3, -0.25) is 9.59 Å². The van der Waals surface area contributed by atoms with Crippen LogP contribution < -0.4 is 0 Å². The van der Waals surface area contributed by atoms with Crippen LogP contribution in [-0.2, 0) is 19.7 Å². The quantitative estimate of drug-likeness (QED) is 0.647. The van der Waals surface area contributed by atoms with Crippen molar-refractivity contribution in [1.82, 2.24) is 0 Å². The first-order chi connectivity index (χ1) is 9.52. The van der Waals surface area contributed by atoms with E-state index in [9.17, 15) is 14.7 Å². The maximum absolute atomic E-state index is 12.4. The summed E-state index contributed by atoms with van der Waals surface area (Å²) < 4.78 is 5.03. The summed E-state index contributed by atoms with van der Waals surface area (Å²) >= 11 is 6.13. The topological polar surface area (TPSA) is 63.6 Å². The molecule has 1 fully saturated rings. The zero-order valence-corrected chi connectivity index (χ0v) is 12.0. The molecule has 1 N–H and O–H groups in total. The molecular formula is C15H17ClO4. The molecule has 1 aliphatic carbocycles. The Hall–Kier alpha value is -1.55. The van der Waals surface area contributed by atoms with Gasteiger partial charge < -0.3 is 9.84 Å². The van der Waals surface area contributed by atoms with E-state index in [2.05, 4.69) is 0 Å². The third-order valence-corrected chi connectivity index (χ3v) is 3.94. The van der Waals surface area contributed by atoms with Crippen LogP contribution in [0.1, 0.15) is 31.7 Å². The highest BCUT2D eigenvalue weighted by Gasteiger charge is 2.53. The predicted molar refractivity (Wildman–Crippen MR) is 74.7 cm³/mol. The summed E-state index contributed by atoms with van der Waals surface area (Å²) in [7, 11) is 0. The van der Waals surface area contributed by atoms with Gasteiger partial charge in [0, 0.05) is 5.02 Å². The van der Waals surface area contributed by atoms with Gasteiger partial charge in [-0.05, 0) is 30.9 Å². The summed E-state index contributed by atoms with van der Waals surface area (Å²) in [6.45, 7) is 1.80. The van der Waals surface area contributed by atoms with E-state index < -0.39 is 17.4 Å². The van der Waals surface area contributed by atoms with E-state index in [0.29, 0.717) is 5.56 Å². The van der Waals surface area contributed by atoms with Gasteiger partial charge in [-0.25, -0.2) is 0 Å². The van der Waals surface area contributed by atoms with E-state index in [-0.39, 0.29) is 24.0 Å². The number of ether oxygens (including phenoxy) is 1. The number of aliphatic carboxylic acids is 1. The average molecular weight is 297 g/mol. The molecule has 5 heteroatoms. The molecule has 0 aliphatic heterocycles. The molecule has 1 saturated carbocycles. The predicted octanol–water partition coefficient (Wildman–Crippen LogP) is 3.03. The summed E-state index contributed by atoms with van der Waals surface area (Å²) in [5.41, 5.74) is -1.38. The van der Waals surface area contributed by atoms with Crippen molar-refractivity contribution >= 4 is 23.5 Å². The van der Waals surface area contributed by atoms with Gasteiger partial charge in [0.05, 0.1) is 6.61 Å². The fraction of sp³-hybridized carbons (Fsp3) is 0.467. The highest BCUT2D eigenvalue weighted by molar-refractivity contribution is 6.32. The molecule has 108 valence electrons. The molecule has 1 atom stereocenters. The second-order valence-corrected chi connectivity index (χ2v) is 5.47. The number of carboxylic acids is 1. The molecule has 0 spiro atoms. The van der Waals surface area contributed by atoms with Crippen molar-refractivity contribution in [3.05, 3.63) is 34.9 Å². The molecule has 1 aromatic carbocycles. The van der Waals surface area contributed by atoms with Crippen LogP contribution in [0.5, 0.6) is 0 Å². The van der Waals surface area contributed by atoms with Gasteiger partial charge in [0.1, 0.15) is 0 Å². The van der Waals surface area contributed by atoms with Gasteiger partial charge in [-0.15, -0.1) is 0 Å². The van der Waals surface area contributed by atoms with Crippen molar-refractivity contribution in [2.24, 2.45) is 5.92 Å². The van der Waals surface area contributed by atoms with Gasteiger partial charge in [0.15, 0.2) is 5.41 Å². The highest BCUT2D eigenvalue weighted by Crippen LogP contribution is 2.44. The van der Waals surface area contributed by atoms with E-state index in [0.717, 1.165) is 12.8 Å². The molecule has 0 heterocycles. The Morgan fingerprint density at radius 2 is 2.05 bits per heavy atom. The van der Waals surface area contributed by atoms with E-state index in [1.54, 1.807) is 31.2 Å². The number of carbonyl (C=O) groups excluding carboxylic acids is 1. The third-order valence-electron chi connectivity index (χ3n) is 3.61. The van der Waals surface area contributed by atoms with Crippen LogP contribution in [0.4, 0.5) is 0 Å². The van der Waals surface area contributed by atoms with Crippen molar-refractivity contribution < 1.29 is 19.4 Å². The molecule has 0 amide bonds. The van der Waals surface area contributed by atoms with Gasteiger partial charge in [-0.1, -0.05) is 42.6 Å². The van der Waals surface area contributed by atoms with Crippen molar-refractivity contribution in [2.45, 2.75) is 31.6 Å². The second kappa shape index (κ2) is 5.83. The number of halogens is 1. The molecule has 0 radical (unpaired) electrons. The normalized spacial score (nSPS) is 17.3. The second-order valence-electron chi connectivity index (χ2n) is 5.06. The molecule has 0 bridgehead atoms. The lowest BCUT2D eigenvalue weighted by Crippen LogP contribution is -2.45. The maximum Gasteiger partial charge on any atom is 0.328 e. The number of esters is 1. The largest absolute Gasteiger partial charge is 0.480 e. The molecule has 2 rings (SSSR count). The lowest BCUT2D eigenvalue weighted by molar-refractivity contribution is -0.162. The van der Waals surface area contributed by atoms with Gasteiger partial charge >= 0.3 is 11.9 Å². The number of hydrogen-bond donors (Lipinski definition) is 1. The molecular weight excluding hydrogens is 280 g/mol. The summed E-state index contributed by atoms with van der Waals surface area (Å²) in [6.07, 6.45) is 2.13. The number of hydrogen-bond acceptors (Lipinski definition) is 3. The molecule has 4 nitrogen and oxygen atoms in total. The highest BCUT2D eigenvalue weighted by atomic mass is 35.5. The SMILES string of the molecule is CCOC(=O)C(CC1CC1)(C(=O)O)c1ccccc1Cl. The van der Waals surface area contributed by atoms with Gasteiger partial charge in [0.2, 0.25) is 0 Å². The Morgan fingerprint density at radius 1 is 1.40 bits per heavy atom. The molecule has 1 aromatic rings. The number of carboxylic acid groups (broad SMARTS) is 1. The number of benzene rings is 1. The van der Waals surface area contributed by atoms with Crippen LogP contribution in [0, 0.1) is 5.92 Å². The van der Waals surface area contributed by atoms with Crippen molar-refractivity contribution in [1.29, 1.82) is 0 Å². The van der Waals surface area contributed by atoms with Crippen LogP contribution in [-0.4, -0.2) is 23.7 Å². The molecule has 1 aliphatic rings. The van der Waals surface area contributed by atoms with Crippen LogP contribution in [0.25, 0.3) is 0 Å². The zero-order valence-electron chi connectivity index (χ0n) is 11.3. The lowest BCUT2D eigenvalue weighted by Gasteiger charge is -2.28. The van der Waals surface area contributed by atoms with E-state index in [4.69, 9.17) is 16.3 Å². The van der Waals surface area contributed by atoms with E-state index in [1.165, 1.54) is 0 Å². The third kappa shape index (κ3) is 2.66. The number of carbonyl (C=O) groups is 2. The first kappa shape index (κ1) is 14.9.